The van der Waals surface area contributed by atoms with Crippen molar-refractivity contribution in [1.82, 2.24) is 15.0 Å². The zero-order valence-electron chi connectivity index (χ0n) is 16.4. The lowest BCUT2D eigenvalue weighted by Gasteiger charge is -2.07. The number of pyridine rings is 2. The summed E-state index contributed by atoms with van der Waals surface area (Å²) in [5.74, 6) is -1.05. The maximum atomic E-state index is 12.7. The van der Waals surface area contributed by atoms with Crippen molar-refractivity contribution in [3.05, 3.63) is 89.5 Å². The smallest absolute Gasteiger partial charge is 0.366 e. The van der Waals surface area contributed by atoms with E-state index in [0.29, 0.717) is 17.4 Å². The first-order valence-electron chi connectivity index (χ1n) is 9.35. The number of hydrogen-bond acceptors (Lipinski definition) is 4. The minimum absolute atomic E-state index is 0.0768. The van der Waals surface area contributed by atoms with Crippen LogP contribution in [0, 0.1) is 0 Å². The average Bonchev–Trinajstić information content (AvgIpc) is 3.19. The second kappa shape index (κ2) is 8.10. The van der Waals surface area contributed by atoms with E-state index in [1.807, 2.05) is 6.07 Å². The van der Waals surface area contributed by atoms with Gasteiger partial charge in [-0.25, -0.2) is 4.98 Å². The van der Waals surface area contributed by atoms with Crippen LogP contribution in [0.5, 0.6) is 0 Å². The molecule has 1 amide bonds. The molecule has 160 valence electrons. The van der Waals surface area contributed by atoms with Crippen LogP contribution < -0.4 is 5.73 Å². The number of halogens is 3. The van der Waals surface area contributed by atoms with Gasteiger partial charge in [0.2, 0.25) is 11.7 Å². The molecular weight excluding hydrogens is 421 g/mol. The standard InChI is InChI=1S/C23H15F3N4O2/c24-23(25,26)17-6-7-19(28-12-17)21(32)14-3-1-13(2-4-14)16-9-18-15(5-8-20(27)31)10-29-22(18)30-11-16/h1-12H,(H2,27,31)(H,29,30). The fourth-order valence-electron chi connectivity index (χ4n) is 3.15. The van der Waals surface area contributed by atoms with Gasteiger partial charge in [-0.05, 0) is 29.8 Å². The van der Waals surface area contributed by atoms with Crippen molar-refractivity contribution in [3.63, 3.8) is 0 Å². The molecule has 0 saturated heterocycles. The van der Waals surface area contributed by atoms with E-state index >= 15 is 0 Å². The highest BCUT2D eigenvalue weighted by molar-refractivity contribution is 6.08. The Morgan fingerprint density at radius 2 is 1.72 bits per heavy atom. The van der Waals surface area contributed by atoms with Crippen molar-refractivity contribution in [1.29, 1.82) is 0 Å². The van der Waals surface area contributed by atoms with E-state index in [9.17, 15) is 22.8 Å². The van der Waals surface area contributed by atoms with Crippen LogP contribution >= 0.6 is 0 Å². The number of carbonyl (C=O) groups excluding carboxylic acids is 2. The molecule has 0 unspecified atom stereocenters. The monoisotopic (exact) mass is 436 g/mol. The molecule has 0 saturated carbocycles. The highest BCUT2D eigenvalue weighted by atomic mass is 19.4. The van der Waals surface area contributed by atoms with E-state index in [2.05, 4.69) is 15.0 Å². The summed E-state index contributed by atoms with van der Waals surface area (Å²) in [5.41, 5.74) is 7.39. The largest absolute Gasteiger partial charge is 0.417 e. The fourth-order valence-corrected chi connectivity index (χ4v) is 3.15. The molecule has 3 aromatic heterocycles. The molecular formula is C23H15F3N4O2. The summed E-state index contributed by atoms with van der Waals surface area (Å²) >= 11 is 0. The maximum Gasteiger partial charge on any atom is 0.417 e. The van der Waals surface area contributed by atoms with Crippen molar-refractivity contribution >= 4 is 28.8 Å². The van der Waals surface area contributed by atoms with Crippen LogP contribution in [0.4, 0.5) is 13.2 Å². The Balaban J connectivity index is 1.59. The highest BCUT2D eigenvalue weighted by Crippen LogP contribution is 2.29. The number of amides is 1. The summed E-state index contributed by atoms with van der Waals surface area (Å²) < 4.78 is 38.0. The average molecular weight is 436 g/mol. The van der Waals surface area contributed by atoms with Crippen molar-refractivity contribution in [3.8, 4) is 11.1 Å². The topological polar surface area (TPSA) is 102 Å². The van der Waals surface area contributed by atoms with Gasteiger partial charge in [-0.2, -0.15) is 13.2 Å². The lowest BCUT2D eigenvalue weighted by atomic mass is 10.0. The van der Waals surface area contributed by atoms with E-state index in [4.69, 9.17) is 5.73 Å². The molecule has 32 heavy (non-hydrogen) atoms. The van der Waals surface area contributed by atoms with Gasteiger partial charge in [-0.15, -0.1) is 0 Å². The Bertz CT molecular complexity index is 1340. The molecule has 0 aliphatic carbocycles. The molecule has 4 rings (SSSR count). The number of alkyl halides is 3. The number of ketones is 1. The van der Waals surface area contributed by atoms with Gasteiger partial charge in [0.05, 0.1) is 5.56 Å². The van der Waals surface area contributed by atoms with E-state index in [1.165, 1.54) is 6.08 Å². The third-order valence-electron chi connectivity index (χ3n) is 4.79. The fraction of sp³-hybridized carbons (Fsp3) is 0.0435. The molecule has 9 heteroatoms. The first kappa shape index (κ1) is 21.0. The van der Waals surface area contributed by atoms with Crippen LogP contribution in [-0.2, 0) is 11.0 Å². The number of nitrogens with zero attached hydrogens (tertiary/aromatic N) is 2. The summed E-state index contributed by atoms with van der Waals surface area (Å²) in [6.45, 7) is 0. The zero-order valence-corrected chi connectivity index (χ0v) is 16.4. The SMILES string of the molecule is NC(=O)C=Cc1c[nH]c2ncc(-c3ccc(C(=O)c4ccc(C(F)(F)F)cn4)cc3)cc12. The minimum atomic E-state index is -4.51. The number of benzene rings is 1. The quantitative estimate of drug-likeness (QED) is 0.358. The lowest BCUT2D eigenvalue weighted by Crippen LogP contribution is -2.09. The van der Waals surface area contributed by atoms with Crippen molar-refractivity contribution in [2.45, 2.75) is 6.18 Å². The maximum absolute atomic E-state index is 12.7. The Hall–Kier alpha value is -4.27. The van der Waals surface area contributed by atoms with E-state index < -0.39 is 23.4 Å². The molecule has 0 bridgehead atoms. The van der Waals surface area contributed by atoms with E-state index in [-0.39, 0.29) is 5.69 Å². The van der Waals surface area contributed by atoms with Crippen LogP contribution in [-0.4, -0.2) is 26.6 Å². The van der Waals surface area contributed by atoms with Gasteiger partial charge < -0.3 is 10.7 Å². The molecule has 0 aliphatic heterocycles. The van der Waals surface area contributed by atoms with E-state index in [1.54, 1.807) is 42.7 Å². The first-order valence-corrected chi connectivity index (χ1v) is 9.35. The van der Waals surface area contributed by atoms with Crippen LogP contribution in [0.2, 0.25) is 0 Å². The number of fused-ring (bicyclic) bond motifs is 1. The second-order valence-corrected chi connectivity index (χ2v) is 6.94. The van der Waals surface area contributed by atoms with Gasteiger partial charge in [0.15, 0.2) is 0 Å². The van der Waals surface area contributed by atoms with Gasteiger partial charge in [-0.3, -0.25) is 14.6 Å². The minimum Gasteiger partial charge on any atom is -0.366 e. The summed E-state index contributed by atoms with van der Waals surface area (Å²) in [4.78, 5) is 34.6. The van der Waals surface area contributed by atoms with Gasteiger partial charge in [0, 0.05) is 46.7 Å². The Morgan fingerprint density at radius 3 is 2.34 bits per heavy atom. The number of primary amides is 1. The summed E-state index contributed by atoms with van der Waals surface area (Å²) in [6, 6.07) is 10.4. The molecule has 1 aromatic carbocycles. The molecule has 0 radical (unpaired) electrons. The van der Waals surface area contributed by atoms with Gasteiger partial charge >= 0.3 is 6.18 Å². The normalized spacial score (nSPS) is 11.8. The van der Waals surface area contributed by atoms with E-state index in [0.717, 1.165) is 34.2 Å². The summed E-state index contributed by atoms with van der Waals surface area (Å²) in [7, 11) is 0. The van der Waals surface area contributed by atoms with Crippen LogP contribution in [0.15, 0.2) is 67.1 Å². The molecule has 4 aromatic rings. The number of H-pyrrole nitrogens is 1. The summed E-state index contributed by atoms with van der Waals surface area (Å²) in [6.07, 6.45) is 2.34. The Morgan fingerprint density at radius 1 is 0.969 bits per heavy atom. The molecule has 0 spiro atoms. The lowest BCUT2D eigenvalue weighted by molar-refractivity contribution is -0.137. The van der Waals surface area contributed by atoms with Crippen molar-refractivity contribution in [2.75, 3.05) is 0 Å². The molecule has 0 aliphatic rings. The third kappa shape index (κ3) is 4.27. The van der Waals surface area contributed by atoms with Gasteiger partial charge in [-0.1, -0.05) is 24.3 Å². The number of rotatable bonds is 5. The zero-order chi connectivity index (χ0) is 22.9. The van der Waals surface area contributed by atoms with Crippen LogP contribution in [0.3, 0.4) is 0 Å². The summed E-state index contributed by atoms with van der Waals surface area (Å²) in [5, 5.41) is 0.786. The number of aromatic amines is 1. The molecule has 0 atom stereocenters. The predicted molar refractivity (Wildman–Crippen MR) is 112 cm³/mol. The number of nitrogens with two attached hydrogens (primary N) is 1. The Labute approximate surface area is 179 Å². The van der Waals surface area contributed by atoms with Crippen molar-refractivity contribution in [2.24, 2.45) is 5.73 Å². The number of nitrogens with one attached hydrogen (secondary N) is 1. The number of hydrogen-bond donors (Lipinski definition) is 2. The van der Waals surface area contributed by atoms with Gasteiger partial charge in [0.1, 0.15) is 11.3 Å². The Kier molecular flexibility index (Phi) is 5.31. The number of aromatic nitrogens is 3. The third-order valence-corrected chi connectivity index (χ3v) is 4.79. The van der Waals surface area contributed by atoms with Crippen LogP contribution in [0.1, 0.15) is 27.2 Å². The predicted octanol–water partition coefficient (Wildman–Crippen LogP) is 4.37. The molecule has 0 fully saturated rings. The highest BCUT2D eigenvalue weighted by Gasteiger charge is 2.31. The van der Waals surface area contributed by atoms with Crippen LogP contribution in [0.25, 0.3) is 28.2 Å². The first-order chi connectivity index (χ1) is 15.2. The van der Waals surface area contributed by atoms with Crippen molar-refractivity contribution < 1.29 is 22.8 Å². The second-order valence-electron chi connectivity index (χ2n) is 6.94. The molecule has 3 heterocycles. The van der Waals surface area contributed by atoms with Gasteiger partial charge in [0.25, 0.3) is 0 Å². The molecule has 6 nitrogen and oxygen atoms in total. The molecule has 3 N–H and O–H groups in total. The number of carbonyl (C=O) groups is 2.